The second-order valence-corrected chi connectivity index (χ2v) is 7.83. The molecule has 0 aliphatic rings. The number of halogens is 1. The molecule has 1 aromatic carbocycles. The minimum absolute atomic E-state index is 0.0413. The SMILES string of the molecule is C/C(F)=C\N(COC(=O)C(CC(C)C)NC(=O)C(O)C(N)Cc1ccccc1)C(=O)NC=O.CC. The van der Waals surface area contributed by atoms with Gasteiger partial charge in [0.1, 0.15) is 18.0 Å². The summed E-state index contributed by atoms with van der Waals surface area (Å²) < 4.78 is 18.3. The zero-order valence-electron chi connectivity index (χ0n) is 20.9. The van der Waals surface area contributed by atoms with Crippen LogP contribution in [0.3, 0.4) is 0 Å². The molecule has 0 spiro atoms. The number of aliphatic hydroxyl groups excluding tert-OH is 1. The number of amides is 4. The van der Waals surface area contributed by atoms with Crippen molar-refractivity contribution in [3.63, 3.8) is 0 Å². The Morgan fingerprint density at radius 2 is 1.80 bits per heavy atom. The van der Waals surface area contributed by atoms with Crippen molar-refractivity contribution >= 4 is 24.3 Å². The standard InChI is InChI=1S/C22H31FN4O6.C2H6/c1-14(2)9-18(21(31)33-13-27(11-15(3)23)22(32)25-12-28)26-20(30)19(29)17(24)10-16-7-5-4-6-8-16;1-2/h4-8,11-12,14,17-19,29H,9-10,13,24H2,1-3H3,(H,26,30)(H,25,28,32);1-2H3/b15-11+;. The van der Waals surface area contributed by atoms with Crippen LogP contribution < -0.4 is 16.4 Å². The van der Waals surface area contributed by atoms with Gasteiger partial charge in [0.05, 0.1) is 0 Å². The average molecular weight is 497 g/mol. The van der Waals surface area contributed by atoms with Crippen LogP contribution in [-0.4, -0.2) is 59.2 Å². The Kier molecular flexibility index (Phi) is 15.5. The quantitative estimate of drug-likeness (QED) is 0.196. The van der Waals surface area contributed by atoms with Gasteiger partial charge in [-0.1, -0.05) is 58.0 Å². The highest BCUT2D eigenvalue weighted by atomic mass is 19.1. The van der Waals surface area contributed by atoms with Crippen LogP contribution >= 0.6 is 0 Å². The van der Waals surface area contributed by atoms with Crippen molar-refractivity contribution in [2.45, 2.75) is 65.6 Å². The Labute approximate surface area is 205 Å². The molecule has 0 aliphatic carbocycles. The van der Waals surface area contributed by atoms with Crippen LogP contribution in [0.15, 0.2) is 42.4 Å². The van der Waals surface area contributed by atoms with Gasteiger partial charge in [-0.15, -0.1) is 0 Å². The highest BCUT2D eigenvalue weighted by Crippen LogP contribution is 2.10. The lowest BCUT2D eigenvalue weighted by Crippen LogP contribution is -2.52. The van der Waals surface area contributed by atoms with Gasteiger partial charge in [0, 0.05) is 12.2 Å². The fraction of sp³-hybridized carbons (Fsp3) is 0.500. The number of benzene rings is 1. The van der Waals surface area contributed by atoms with Crippen molar-refractivity contribution in [2.24, 2.45) is 11.7 Å². The molecule has 4 amide bonds. The summed E-state index contributed by atoms with van der Waals surface area (Å²) in [5.74, 6) is -2.57. The monoisotopic (exact) mass is 496 g/mol. The van der Waals surface area contributed by atoms with Gasteiger partial charge in [-0.05, 0) is 31.2 Å². The molecule has 0 radical (unpaired) electrons. The first kappa shape index (κ1) is 31.7. The van der Waals surface area contributed by atoms with Gasteiger partial charge in [0.25, 0.3) is 5.91 Å². The molecule has 0 saturated carbocycles. The van der Waals surface area contributed by atoms with E-state index in [9.17, 15) is 28.7 Å². The number of hydrogen-bond acceptors (Lipinski definition) is 7. The van der Waals surface area contributed by atoms with E-state index in [4.69, 9.17) is 10.5 Å². The van der Waals surface area contributed by atoms with Crippen molar-refractivity contribution in [3.8, 4) is 0 Å². The van der Waals surface area contributed by atoms with Crippen LogP contribution in [0, 0.1) is 5.92 Å². The third-order valence-electron chi connectivity index (χ3n) is 4.42. The summed E-state index contributed by atoms with van der Waals surface area (Å²) in [6, 6.07) is 5.98. The molecule has 11 heteroatoms. The molecule has 10 nitrogen and oxygen atoms in total. The second kappa shape index (κ2) is 17.2. The third kappa shape index (κ3) is 12.6. The number of nitrogens with two attached hydrogens (primary N) is 1. The molecule has 5 N–H and O–H groups in total. The summed E-state index contributed by atoms with van der Waals surface area (Å²) in [6.07, 6.45) is -0.331. The lowest BCUT2D eigenvalue weighted by molar-refractivity contribution is -0.152. The molecule has 0 saturated heterocycles. The van der Waals surface area contributed by atoms with E-state index in [0.717, 1.165) is 18.7 Å². The van der Waals surface area contributed by atoms with E-state index in [-0.39, 0.29) is 25.2 Å². The predicted molar refractivity (Wildman–Crippen MR) is 129 cm³/mol. The zero-order chi connectivity index (χ0) is 27.0. The van der Waals surface area contributed by atoms with Crippen molar-refractivity contribution in [1.82, 2.24) is 15.5 Å². The highest BCUT2D eigenvalue weighted by molar-refractivity contribution is 5.88. The van der Waals surface area contributed by atoms with E-state index in [0.29, 0.717) is 4.90 Å². The molecule has 0 fully saturated rings. The molecule has 1 rings (SSSR count). The van der Waals surface area contributed by atoms with E-state index in [1.165, 1.54) is 0 Å². The van der Waals surface area contributed by atoms with Gasteiger partial charge >= 0.3 is 12.0 Å². The first-order valence-electron chi connectivity index (χ1n) is 11.3. The number of urea groups is 1. The van der Waals surface area contributed by atoms with Gasteiger partial charge in [0.15, 0.2) is 6.73 Å². The largest absolute Gasteiger partial charge is 0.442 e. The Morgan fingerprint density at radius 1 is 1.20 bits per heavy atom. The summed E-state index contributed by atoms with van der Waals surface area (Å²) >= 11 is 0. The van der Waals surface area contributed by atoms with E-state index in [1.807, 2.05) is 45.9 Å². The number of carbonyl (C=O) groups is 4. The molecule has 196 valence electrons. The number of imide groups is 1. The minimum atomic E-state index is -1.58. The fourth-order valence-electron chi connectivity index (χ4n) is 2.87. The van der Waals surface area contributed by atoms with Crippen molar-refractivity contribution in [1.29, 1.82) is 0 Å². The molecule has 0 heterocycles. The average Bonchev–Trinajstić information content (AvgIpc) is 2.82. The number of nitrogens with zero attached hydrogens (tertiary/aromatic N) is 1. The molecular formula is C24H37FN4O6. The number of esters is 1. The van der Waals surface area contributed by atoms with Gasteiger partial charge in [0.2, 0.25) is 6.41 Å². The lowest BCUT2D eigenvalue weighted by atomic mass is 10.00. The third-order valence-corrected chi connectivity index (χ3v) is 4.42. The number of allylic oxidation sites excluding steroid dienone is 1. The molecule has 1 aromatic rings. The van der Waals surface area contributed by atoms with Crippen LogP contribution in [0.25, 0.3) is 0 Å². The minimum Gasteiger partial charge on any atom is -0.442 e. The maximum absolute atomic E-state index is 13.2. The number of nitrogens with one attached hydrogen (secondary N) is 2. The van der Waals surface area contributed by atoms with E-state index in [1.54, 1.807) is 17.4 Å². The maximum atomic E-state index is 13.2. The number of carbonyl (C=O) groups excluding carboxylic acids is 4. The maximum Gasteiger partial charge on any atom is 0.330 e. The lowest BCUT2D eigenvalue weighted by Gasteiger charge is -2.24. The fourth-order valence-corrected chi connectivity index (χ4v) is 2.87. The number of aliphatic hydroxyl groups is 1. The first-order chi connectivity index (χ1) is 16.5. The normalized spacial score (nSPS) is 13.5. The van der Waals surface area contributed by atoms with Crippen LogP contribution in [-0.2, 0) is 25.5 Å². The number of rotatable bonds is 12. The van der Waals surface area contributed by atoms with Gasteiger partial charge < -0.3 is 20.9 Å². The summed E-state index contributed by atoms with van der Waals surface area (Å²) in [6.45, 7) is 7.97. The Morgan fingerprint density at radius 3 is 2.31 bits per heavy atom. The highest BCUT2D eigenvalue weighted by Gasteiger charge is 2.30. The van der Waals surface area contributed by atoms with Crippen LogP contribution in [0.1, 0.15) is 46.6 Å². The molecule has 0 bridgehead atoms. The number of hydrogen-bond donors (Lipinski definition) is 4. The van der Waals surface area contributed by atoms with Gasteiger partial charge in [-0.2, -0.15) is 0 Å². The van der Waals surface area contributed by atoms with E-state index in [2.05, 4.69) is 5.32 Å². The molecule has 3 unspecified atom stereocenters. The molecule has 35 heavy (non-hydrogen) atoms. The second-order valence-electron chi connectivity index (χ2n) is 7.83. The predicted octanol–water partition coefficient (Wildman–Crippen LogP) is 1.97. The Hall–Kier alpha value is -3.31. The smallest absolute Gasteiger partial charge is 0.330 e. The summed E-state index contributed by atoms with van der Waals surface area (Å²) in [4.78, 5) is 48.0. The molecule has 0 aliphatic heterocycles. The van der Waals surface area contributed by atoms with E-state index < -0.39 is 48.7 Å². The van der Waals surface area contributed by atoms with Crippen molar-refractivity contribution in [3.05, 3.63) is 47.9 Å². The first-order valence-corrected chi connectivity index (χ1v) is 11.3. The molecule has 3 atom stereocenters. The van der Waals surface area contributed by atoms with Crippen LogP contribution in [0.2, 0.25) is 0 Å². The zero-order valence-corrected chi connectivity index (χ0v) is 20.9. The Balaban J connectivity index is 0.00000562. The molecular weight excluding hydrogens is 459 g/mol. The van der Waals surface area contributed by atoms with Crippen molar-refractivity contribution in [2.75, 3.05) is 6.73 Å². The summed E-state index contributed by atoms with van der Waals surface area (Å²) in [5, 5.41) is 14.6. The van der Waals surface area contributed by atoms with Crippen LogP contribution in [0.5, 0.6) is 0 Å². The summed E-state index contributed by atoms with van der Waals surface area (Å²) in [5.41, 5.74) is 6.79. The van der Waals surface area contributed by atoms with Crippen LogP contribution in [0.4, 0.5) is 9.18 Å². The summed E-state index contributed by atoms with van der Waals surface area (Å²) in [7, 11) is 0. The van der Waals surface area contributed by atoms with E-state index >= 15 is 0 Å². The topological polar surface area (TPSA) is 151 Å². The molecule has 0 aromatic heterocycles. The Bertz CT molecular complexity index is 831. The van der Waals surface area contributed by atoms with Gasteiger partial charge in [-0.3, -0.25) is 19.8 Å². The van der Waals surface area contributed by atoms with Gasteiger partial charge in [-0.25, -0.2) is 14.0 Å². The van der Waals surface area contributed by atoms with Crippen molar-refractivity contribution < 1.29 is 33.4 Å². The number of ether oxygens (including phenoxy) is 1.